The second kappa shape index (κ2) is 5.28. The zero-order chi connectivity index (χ0) is 15.6. The Balaban J connectivity index is 2.41. The summed E-state index contributed by atoms with van der Waals surface area (Å²) in [4.78, 5) is 6.86. The second-order valence-electron chi connectivity index (χ2n) is 4.26. The minimum Gasteiger partial charge on any atom is -0.368 e. The van der Waals surface area contributed by atoms with Gasteiger partial charge in [0, 0.05) is 11.8 Å². The minimum atomic E-state index is -4.61. The van der Waals surface area contributed by atoms with Gasteiger partial charge in [-0.25, -0.2) is 4.98 Å². The molecule has 8 heteroatoms. The quantitative estimate of drug-likeness (QED) is 0.888. The Kier molecular flexibility index (Phi) is 3.67. The molecule has 0 radical (unpaired) electrons. The van der Waals surface area contributed by atoms with Gasteiger partial charge in [-0.05, 0) is 24.6 Å². The number of nitrogens with zero attached hydrogens (tertiary/aromatic N) is 3. The Labute approximate surface area is 118 Å². The summed E-state index contributed by atoms with van der Waals surface area (Å²) in [6.07, 6.45) is -4.61. The maximum Gasteiger partial charge on any atom is 0.433 e. The number of nitrogens with two attached hydrogens (primary N) is 1. The number of nitriles is 1. The summed E-state index contributed by atoms with van der Waals surface area (Å²) in [7, 11) is 0. The van der Waals surface area contributed by atoms with Gasteiger partial charge in [-0.2, -0.15) is 23.4 Å². The van der Waals surface area contributed by atoms with Crippen molar-refractivity contribution in [2.45, 2.75) is 13.1 Å². The van der Waals surface area contributed by atoms with Gasteiger partial charge < -0.3 is 11.1 Å². The molecule has 3 N–H and O–H groups in total. The number of halogens is 3. The third-order valence-electron chi connectivity index (χ3n) is 2.66. The Morgan fingerprint density at radius 2 is 1.95 bits per heavy atom. The molecule has 1 heterocycles. The van der Waals surface area contributed by atoms with E-state index in [1.54, 1.807) is 19.1 Å². The highest BCUT2D eigenvalue weighted by Crippen LogP contribution is 2.30. The Hall–Kier alpha value is -2.82. The molecule has 0 saturated heterocycles. The highest BCUT2D eigenvalue weighted by Gasteiger charge is 2.33. The number of nitrogens with one attached hydrogen (secondary N) is 1. The zero-order valence-corrected chi connectivity index (χ0v) is 10.9. The third-order valence-corrected chi connectivity index (χ3v) is 2.66. The average Bonchev–Trinajstić information content (AvgIpc) is 2.39. The molecule has 0 saturated carbocycles. The number of alkyl halides is 3. The largest absolute Gasteiger partial charge is 0.433 e. The highest BCUT2D eigenvalue weighted by atomic mass is 19.4. The Morgan fingerprint density at radius 1 is 1.24 bits per heavy atom. The van der Waals surface area contributed by atoms with Crippen molar-refractivity contribution in [3.63, 3.8) is 0 Å². The molecule has 0 atom stereocenters. The predicted octanol–water partition coefficient (Wildman–Crippen LogP) is 3.00. The molecule has 2 rings (SSSR count). The number of hydrogen-bond donors (Lipinski definition) is 2. The summed E-state index contributed by atoms with van der Waals surface area (Å²) in [6, 6.07) is 7.51. The normalized spacial score (nSPS) is 11.0. The van der Waals surface area contributed by atoms with Crippen LogP contribution in [0.15, 0.2) is 24.3 Å². The van der Waals surface area contributed by atoms with Crippen molar-refractivity contribution in [1.82, 2.24) is 9.97 Å². The number of aromatic nitrogens is 2. The van der Waals surface area contributed by atoms with E-state index in [9.17, 15) is 13.2 Å². The van der Waals surface area contributed by atoms with Crippen LogP contribution in [0.25, 0.3) is 0 Å². The minimum absolute atomic E-state index is 0.0898. The van der Waals surface area contributed by atoms with Crippen molar-refractivity contribution in [2.75, 3.05) is 11.1 Å². The lowest BCUT2D eigenvalue weighted by Gasteiger charge is -2.12. The maximum atomic E-state index is 12.7. The van der Waals surface area contributed by atoms with Crippen LogP contribution in [0.1, 0.15) is 16.8 Å². The number of aryl methyl sites for hydroxylation is 1. The van der Waals surface area contributed by atoms with Crippen LogP contribution < -0.4 is 11.1 Å². The first-order valence-corrected chi connectivity index (χ1v) is 5.79. The molecule has 0 amide bonds. The van der Waals surface area contributed by atoms with Crippen LogP contribution in [-0.2, 0) is 6.18 Å². The van der Waals surface area contributed by atoms with E-state index in [2.05, 4.69) is 15.3 Å². The van der Waals surface area contributed by atoms with E-state index in [1.807, 2.05) is 6.07 Å². The summed E-state index contributed by atoms with van der Waals surface area (Å²) < 4.78 is 38.0. The van der Waals surface area contributed by atoms with E-state index in [-0.39, 0.29) is 5.82 Å². The van der Waals surface area contributed by atoms with Gasteiger partial charge in [0.2, 0.25) is 5.95 Å². The number of benzene rings is 1. The number of anilines is 3. The van der Waals surface area contributed by atoms with Gasteiger partial charge in [0.05, 0.1) is 11.6 Å². The number of nitrogen functional groups attached to an aromatic ring is 1. The van der Waals surface area contributed by atoms with Crippen molar-refractivity contribution < 1.29 is 13.2 Å². The molecule has 2 aromatic rings. The topological polar surface area (TPSA) is 87.6 Å². The van der Waals surface area contributed by atoms with E-state index < -0.39 is 17.8 Å². The molecule has 108 valence electrons. The van der Waals surface area contributed by atoms with Crippen molar-refractivity contribution in [3.8, 4) is 6.07 Å². The monoisotopic (exact) mass is 293 g/mol. The van der Waals surface area contributed by atoms with E-state index in [0.717, 1.165) is 11.6 Å². The molecule has 0 aliphatic rings. The molecular formula is C13H10F3N5. The lowest BCUT2D eigenvalue weighted by molar-refractivity contribution is -0.141. The number of rotatable bonds is 2. The fourth-order valence-electron chi connectivity index (χ4n) is 1.64. The first kappa shape index (κ1) is 14.6. The van der Waals surface area contributed by atoms with Gasteiger partial charge in [0.15, 0.2) is 5.69 Å². The smallest absolute Gasteiger partial charge is 0.368 e. The fraction of sp³-hybridized carbons (Fsp3) is 0.154. The van der Waals surface area contributed by atoms with Crippen LogP contribution in [0.5, 0.6) is 0 Å². The second-order valence-corrected chi connectivity index (χ2v) is 4.26. The van der Waals surface area contributed by atoms with Gasteiger partial charge in [0.25, 0.3) is 0 Å². The Morgan fingerprint density at radius 3 is 2.57 bits per heavy atom. The molecular weight excluding hydrogens is 283 g/mol. The van der Waals surface area contributed by atoms with Crippen molar-refractivity contribution in [2.24, 2.45) is 0 Å². The first-order valence-electron chi connectivity index (χ1n) is 5.79. The third kappa shape index (κ3) is 3.39. The molecule has 0 aliphatic heterocycles. The average molecular weight is 293 g/mol. The SMILES string of the molecule is Cc1ccc(C#N)cc1Nc1cc(C(F)(F)F)nc(N)n1. The number of hydrogen-bond acceptors (Lipinski definition) is 5. The van der Waals surface area contributed by atoms with E-state index >= 15 is 0 Å². The van der Waals surface area contributed by atoms with Crippen LogP contribution >= 0.6 is 0 Å². The van der Waals surface area contributed by atoms with Crippen LogP contribution in [0.3, 0.4) is 0 Å². The van der Waals surface area contributed by atoms with Crippen molar-refractivity contribution in [1.29, 1.82) is 5.26 Å². The standard InChI is InChI=1S/C13H10F3N5/c1-7-2-3-8(6-17)4-9(7)19-11-5-10(13(14,15)16)20-12(18)21-11/h2-5H,1H3,(H3,18,19,20,21). The molecule has 0 aliphatic carbocycles. The molecule has 1 aromatic carbocycles. The van der Waals surface area contributed by atoms with Gasteiger partial charge in [0.1, 0.15) is 5.82 Å². The molecule has 0 bridgehead atoms. The highest BCUT2D eigenvalue weighted by molar-refractivity contribution is 5.63. The van der Waals surface area contributed by atoms with Crippen LogP contribution in [0.4, 0.5) is 30.6 Å². The predicted molar refractivity (Wildman–Crippen MR) is 70.6 cm³/mol. The summed E-state index contributed by atoms with van der Waals surface area (Å²) in [5.74, 6) is -0.575. The molecule has 0 fully saturated rings. The van der Waals surface area contributed by atoms with Gasteiger partial charge >= 0.3 is 6.18 Å². The molecule has 1 aromatic heterocycles. The first-order chi connectivity index (χ1) is 9.79. The van der Waals surface area contributed by atoms with Gasteiger partial charge in [-0.3, -0.25) is 0 Å². The summed E-state index contributed by atoms with van der Waals surface area (Å²) in [5.41, 5.74) is 5.75. The molecule has 21 heavy (non-hydrogen) atoms. The van der Waals surface area contributed by atoms with Gasteiger partial charge in [-0.1, -0.05) is 6.07 Å². The summed E-state index contributed by atoms with van der Waals surface area (Å²) in [5, 5.41) is 11.6. The summed E-state index contributed by atoms with van der Waals surface area (Å²) >= 11 is 0. The van der Waals surface area contributed by atoms with Gasteiger partial charge in [-0.15, -0.1) is 0 Å². The zero-order valence-electron chi connectivity index (χ0n) is 10.9. The lowest BCUT2D eigenvalue weighted by Crippen LogP contribution is -2.12. The lowest BCUT2D eigenvalue weighted by atomic mass is 10.1. The van der Waals surface area contributed by atoms with Crippen LogP contribution in [-0.4, -0.2) is 9.97 Å². The molecule has 5 nitrogen and oxygen atoms in total. The van der Waals surface area contributed by atoms with Crippen LogP contribution in [0.2, 0.25) is 0 Å². The van der Waals surface area contributed by atoms with E-state index in [4.69, 9.17) is 11.0 Å². The van der Waals surface area contributed by atoms with Crippen LogP contribution in [0, 0.1) is 18.3 Å². The summed E-state index contributed by atoms with van der Waals surface area (Å²) in [6.45, 7) is 1.75. The van der Waals surface area contributed by atoms with E-state index in [1.165, 1.54) is 6.07 Å². The maximum absolute atomic E-state index is 12.7. The van der Waals surface area contributed by atoms with E-state index in [0.29, 0.717) is 11.3 Å². The molecule has 0 spiro atoms. The fourth-order valence-corrected chi connectivity index (χ4v) is 1.64. The van der Waals surface area contributed by atoms with Crippen molar-refractivity contribution in [3.05, 3.63) is 41.1 Å². The molecule has 0 unspecified atom stereocenters. The van der Waals surface area contributed by atoms with Crippen molar-refractivity contribution >= 4 is 17.5 Å². The Bertz CT molecular complexity index is 719.